The summed E-state index contributed by atoms with van der Waals surface area (Å²) < 4.78 is 20.8. The summed E-state index contributed by atoms with van der Waals surface area (Å²) in [5.74, 6) is -0.413. The molecule has 1 aromatic carbocycles. The molecule has 0 saturated carbocycles. The summed E-state index contributed by atoms with van der Waals surface area (Å²) in [7, 11) is 0. The van der Waals surface area contributed by atoms with Crippen molar-refractivity contribution in [2.75, 3.05) is 6.61 Å². The van der Waals surface area contributed by atoms with Crippen LogP contribution in [0.3, 0.4) is 0 Å². The lowest BCUT2D eigenvalue weighted by Crippen LogP contribution is -2.10. The first-order valence-electron chi connectivity index (χ1n) is 6.08. The van der Waals surface area contributed by atoms with Gasteiger partial charge in [-0.1, -0.05) is 17.3 Å². The van der Waals surface area contributed by atoms with Crippen molar-refractivity contribution in [3.8, 4) is 5.69 Å². The van der Waals surface area contributed by atoms with Crippen LogP contribution in [0, 0.1) is 5.82 Å². The van der Waals surface area contributed by atoms with Crippen LogP contribution in [0.25, 0.3) is 5.69 Å². The Hall–Kier alpha value is -2.08. The van der Waals surface area contributed by atoms with E-state index in [0.717, 1.165) is 12.8 Å². The summed E-state index contributed by atoms with van der Waals surface area (Å²) in [4.78, 5) is 11.0. The Labute approximate surface area is 109 Å². The van der Waals surface area contributed by atoms with Crippen molar-refractivity contribution in [2.45, 2.75) is 18.9 Å². The quantitative estimate of drug-likeness (QED) is 0.794. The molecule has 5 nitrogen and oxygen atoms in total. The maximum atomic E-state index is 13.8. The van der Waals surface area contributed by atoms with Crippen LogP contribution in [-0.4, -0.2) is 27.9 Å². The van der Waals surface area contributed by atoms with E-state index in [0.29, 0.717) is 18.6 Å². The smallest absolute Gasteiger partial charge is 0.172 e. The van der Waals surface area contributed by atoms with Gasteiger partial charge in [0.2, 0.25) is 0 Å². The van der Waals surface area contributed by atoms with Crippen LogP contribution in [-0.2, 0) is 4.74 Å². The SMILES string of the molecule is O=Cc1nnn(-c2ccccc2F)c1C1CCCO1. The van der Waals surface area contributed by atoms with Gasteiger partial charge in [0.25, 0.3) is 0 Å². The fourth-order valence-corrected chi connectivity index (χ4v) is 2.28. The minimum absolute atomic E-state index is 0.204. The Bertz CT molecular complexity index is 606. The molecule has 6 heteroatoms. The first-order valence-corrected chi connectivity index (χ1v) is 6.08. The lowest BCUT2D eigenvalue weighted by atomic mass is 10.1. The van der Waals surface area contributed by atoms with Crippen LogP contribution in [0.2, 0.25) is 0 Å². The third-order valence-electron chi connectivity index (χ3n) is 3.16. The number of halogens is 1. The summed E-state index contributed by atoms with van der Waals surface area (Å²) in [6.07, 6.45) is 2.06. The average molecular weight is 261 g/mol. The predicted molar refractivity (Wildman–Crippen MR) is 64.6 cm³/mol. The van der Waals surface area contributed by atoms with Gasteiger partial charge < -0.3 is 4.74 Å². The number of nitrogens with zero attached hydrogens (tertiary/aromatic N) is 3. The molecule has 0 amide bonds. The highest BCUT2D eigenvalue weighted by Crippen LogP contribution is 2.31. The van der Waals surface area contributed by atoms with Crippen molar-refractivity contribution in [1.82, 2.24) is 15.0 Å². The van der Waals surface area contributed by atoms with Gasteiger partial charge in [-0.05, 0) is 25.0 Å². The lowest BCUT2D eigenvalue weighted by molar-refractivity contribution is 0.102. The molecule has 2 aromatic rings. The number of rotatable bonds is 3. The summed E-state index contributed by atoms with van der Waals surface area (Å²) in [5, 5.41) is 7.67. The van der Waals surface area contributed by atoms with E-state index in [9.17, 15) is 9.18 Å². The lowest BCUT2D eigenvalue weighted by Gasteiger charge is -2.12. The van der Waals surface area contributed by atoms with E-state index >= 15 is 0 Å². The fraction of sp³-hybridized carbons (Fsp3) is 0.308. The second-order valence-electron chi connectivity index (χ2n) is 4.34. The molecule has 3 rings (SSSR count). The highest BCUT2D eigenvalue weighted by molar-refractivity contribution is 5.73. The van der Waals surface area contributed by atoms with E-state index < -0.39 is 5.82 Å². The van der Waals surface area contributed by atoms with E-state index in [4.69, 9.17) is 4.74 Å². The van der Waals surface area contributed by atoms with Crippen LogP contribution in [0.4, 0.5) is 4.39 Å². The van der Waals surface area contributed by atoms with Gasteiger partial charge in [-0.3, -0.25) is 4.79 Å². The molecule has 1 aliphatic rings. The molecule has 0 spiro atoms. The number of hydrogen-bond donors (Lipinski definition) is 0. The second-order valence-corrected chi connectivity index (χ2v) is 4.34. The maximum absolute atomic E-state index is 13.8. The molecule has 0 bridgehead atoms. The van der Waals surface area contributed by atoms with E-state index in [1.807, 2.05) is 0 Å². The average Bonchev–Trinajstić information content (AvgIpc) is 3.07. The standard InChI is InChI=1S/C13H12FN3O2/c14-9-4-1-2-5-11(9)17-13(10(8-18)15-16-17)12-6-3-7-19-12/h1-2,4-5,8,12H,3,6-7H2. The van der Waals surface area contributed by atoms with Crippen molar-refractivity contribution in [1.29, 1.82) is 0 Å². The predicted octanol–water partition coefficient (Wildman–Crippen LogP) is 2.07. The van der Waals surface area contributed by atoms with Crippen molar-refractivity contribution in [2.24, 2.45) is 0 Å². The van der Waals surface area contributed by atoms with Gasteiger partial charge in [-0.25, -0.2) is 9.07 Å². The Kier molecular flexibility index (Phi) is 3.08. The van der Waals surface area contributed by atoms with E-state index in [1.165, 1.54) is 10.7 Å². The van der Waals surface area contributed by atoms with Crippen molar-refractivity contribution < 1.29 is 13.9 Å². The topological polar surface area (TPSA) is 57.0 Å². The number of carbonyl (C=O) groups is 1. The minimum Gasteiger partial charge on any atom is -0.372 e. The zero-order chi connectivity index (χ0) is 13.2. The number of carbonyl (C=O) groups excluding carboxylic acids is 1. The van der Waals surface area contributed by atoms with Crippen molar-refractivity contribution >= 4 is 6.29 Å². The summed E-state index contributed by atoms with van der Waals surface area (Å²) >= 11 is 0. The molecule has 1 atom stereocenters. The van der Waals surface area contributed by atoms with Gasteiger partial charge in [0.05, 0.1) is 0 Å². The fourth-order valence-electron chi connectivity index (χ4n) is 2.28. The normalized spacial score (nSPS) is 18.7. The van der Waals surface area contributed by atoms with E-state index in [-0.39, 0.29) is 17.5 Å². The molecular formula is C13H12FN3O2. The van der Waals surface area contributed by atoms with Gasteiger partial charge in [0.15, 0.2) is 12.0 Å². The van der Waals surface area contributed by atoms with Gasteiger partial charge in [0.1, 0.15) is 23.3 Å². The molecule has 19 heavy (non-hydrogen) atoms. The Morgan fingerprint density at radius 3 is 2.95 bits per heavy atom. The molecule has 1 aliphatic heterocycles. The van der Waals surface area contributed by atoms with Crippen LogP contribution in [0.15, 0.2) is 24.3 Å². The molecule has 0 N–H and O–H groups in total. The van der Waals surface area contributed by atoms with E-state index in [1.54, 1.807) is 18.2 Å². The van der Waals surface area contributed by atoms with Crippen molar-refractivity contribution in [3.63, 3.8) is 0 Å². The molecule has 98 valence electrons. The molecule has 2 heterocycles. The summed E-state index contributed by atoms with van der Waals surface area (Å²) in [6.45, 7) is 0.630. The summed E-state index contributed by atoms with van der Waals surface area (Å²) in [6, 6.07) is 6.25. The first-order chi connectivity index (χ1) is 9.31. The largest absolute Gasteiger partial charge is 0.372 e. The molecule has 0 radical (unpaired) electrons. The van der Waals surface area contributed by atoms with Gasteiger partial charge >= 0.3 is 0 Å². The Morgan fingerprint density at radius 1 is 1.42 bits per heavy atom. The zero-order valence-electron chi connectivity index (χ0n) is 10.1. The Balaban J connectivity index is 2.14. The highest BCUT2D eigenvalue weighted by Gasteiger charge is 2.27. The van der Waals surface area contributed by atoms with Crippen LogP contribution < -0.4 is 0 Å². The molecule has 1 aromatic heterocycles. The number of benzene rings is 1. The number of aldehydes is 1. The number of para-hydroxylation sites is 1. The van der Waals surface area contributed by atoms with Crippen LogP contribution >= 0.6 is 0 Å². The third kappa shape index (κ3) is 2.04. The number of hydrogen-bond acceptors (Lipinski definition) is 4. The Morgan fingerprint density at radius 2 is 2.26 bits per heavy atom. The van der Waals surface area contributed by atoms with Gasteiger partial charge in [-0.15, -0.1) is 5.10 Å². The second kappa shape index (κ2) is 4.89. The zero-order valence-corrected chi connectivity index (χ0v) is 10.1. The number of ether oxygens (including phenoxy) is 1. The summed E-state index contributed by atoms with van der Waals surface area (Å²) in [5.41, 5.74) is 1.00. The molecule has 0 aliphatic carbocycles. The number of aromatic nitrogens is 3. The maximum Gasteiger partial charge on any atom is 0.172 e. The molecule has 1 saturated heterocycles. The highest BCUT2D eigenvalue weighted by atomic mass is 19.1. The first kappa shape index (κ1) is 12.0. The molecular weight excluding hydrogens is 249 g/mol. The minimum atomic E-state index is -0.413. The monoisotopic (exact) mass is 261 g/mol. The van der Waals surface area contributed by atoms with Crippen molar-refractivity contribution in [3.05, 3.63) is 41.5 Å². The van der Waals surface area contributed by atoms with Crippen LogP contribution in [0.1, 0.15) is 35.1 Å². The molecule has 1 fully saturated rings. The van der Waals surface area contributed by atoms with E-state index in [2.05, 4.69) is 10.3 Å². The van der Waals surface area contributed by atoms with Crippen LogP contribution in [0.5, 0.6) is 0 Å². The van der Waals surface area contributed by atoms with Gasteiger partial charge in [-0.2, -0.15) is 0 Å². The third-order valence-corrected chi connectivity index (χ3v) is 3.16. The van der Waals surface area contributed by atoms with Gasteiger partial charge in [0, 0.05) is 6.61 Å². The molecule has 1 unspecified atom stereocenters.